The summed E-state index contributed by atoms with van der Waals surface area (Å²) in [4.78, 5) is 0. The van der Waals surface area contributed by atoms with Crippen LogP contribution in [0.1, 0.15) is 24.0 Å². The second kappa shape index (κ2) is 5.72. The van der Waals surface area contributed by atoms with Gasteiger partial charge in [-0.25, -0.2) is 0 Å². The summed E-state index contributed by atoms with van der Waals surface area (Å²) >= 11 is 0. The van der Waals surface area contributed by atoms with Gasteiger partial charge in [-0.05, 0) is 42.5 Å². The highest BCUT2D eigenvalue weighted by molar-refractivity contribution is 5.37. The molecule has 110 valence electrons. The molecule has 1 aliphatic heterocycles. The number of aryl methyl sites for hydroxylation is 1. The SMILES string of the molecule is COc1ccc2c(c1)CC(NCC1(O)CCOC1)CC2. The topological polar surface area (TPSA) is 50.7 Å². The lowest BCUT2D eigenvalue weighted by Gasteiger charge is -2.29. The van der Waals surface area contributed by atoms with Crippen LogP contribution in [0.3, 0.4) is 0 Å². The molecule has 2 aliphatic rings. The van der Waals surface area contributed by atoms with Gasteiger partial charge in [0.05, 0.1) is 13.7 Å². The summed E-state index contributed by atoms with van der Waals surface area (Å²) in [6, 6.07) is 6.77. The molecule has 1 aromatic carbocycles. The van der Waals surface area contributed by atoms with E-state index < -0.39 is 5.60 Å². The molecular formula is C16H23NO3. The van der Waals surface area contributed by atoms with E-state index in [0.717, 1.165) is 31.4 Å². The third-order valence-corrected chi connectivity index (χ3v) is 4.44. The molecule has 2 N–H and O–H groups in total. The number of methoxy groups -OCH3 is 1. The first kappa shape index (κ1) is 13.9. The Bertz CT molecular complexity index is 469. The number of hydrogen-bond acceptors (Lipinski definition) is 4. The van der Waals surface area contributed by atoms with Crippen LogP contribution in [-0.4, -0.2) is 43.6 Å². The van der Waals surface area contributed by atoms with Gasteiger partial charge in [0.1, 0.15) is 11.4 Å². The van der Waals surface area contributed by atoms with Crippen molar-refractivity contribution in [1.29, 1.82) is 0 Å². The van der Waals surface area contributed by atoms with Gasteiger partial charge in [-0.1, -0.05) is 6.07 Å². The lowest BCUT2D eigenvalue weighted by atomic mass is 9.87. The second-order valence-electron chi connectivity index (χ2n) is 5.98. The maximum atomic E-state index is 10.3. The standard InChI is InChI=1S/C16H23NO3/c1-19-15-5-3-12-2-4-14(8-13(12)9-15)17-10-16(18)6-7-20-11-16/h3,5,9,14,17-18H,2,4,6-8,10-11H2,1H3. The molecule has 4 nitrogen and oxygen atoms in total. The van der Waals surface area contributed by atoms with Gasteiger partial charge in [0.2, 0.25) is 0 Å². The highest BCUT2D eigenvalue weighted by atomic mass is 16.5. The first-order valence-electron chi connectivity index (χ1n) is 7.38. The Labute approximate surface area is 120 Å². The molecule has 3 rings (SSSR count). The average molecular weight is 277 g/mol. The van der Waals surface area contributed by atoms with Crippen LogP contribution in [0.15, 0.2) is 18.2 Å². The number of aliphatic hydroxyl groups is 1. The summed E-state index contributed by atoms with van der Waals surface area (Å²) in [5.74, 6) is 0.923. The van der Waals surface area contributed by atoms with Crippen molar-refractivity contribution in [3.05, 3.63) is 29.3 Å². The fraction of sp³-hybridized carbons (Fsp3) is 0.625. The zero-order chi connectivity index (χ0) is 14.0. The van der Waals surface area contributed by atoms with Crippen molar-refractivity contribution in [2.45, 2.75) is 37.3 Å². The Balaban J connectivity index is 1.60. The summed E-state index contributed by atoms with van der Waals surface area (Å²) in [7, 11) is 1.70. The molecule has 0 aromatic heterocycles. The van der Waals surface area contributed by atoms with Gasteiger partial charge in [0.15, 0.2) is 0 Å². The number of rotatable bonds is 4. The molecule has 0 saturated carbocycles. The van der Waals surface area contributed by atoms with Gasteiger partial charge < -0.3 is 19.9 Å². The van der Waals surface area contributed by atoms with E-state index in [9.17, 15) is 5.11 Å². The van der Waals surface area contributed by atoms with Crippen LogP contribution < -0.4 is 10.1 Å². The maximum Gasteiger partial charge on any atom is 0.119 e. The molecule has 1 aromatic rings. The quantitative estimate of drug-likeness (QED) is 0.871. The molecule has 2 atom stereocenters. The first-order chi connectivity index (χ1) is 9.68. The molecule has 20 heavy (non-hydrogen) atoms. The van der Waals surface area contributed by atoms with E-state index in [4.69, 9.17) is 9.47 Å². The molecule has 1 aliphatic carbocycles. The van der Waals surface area contributed by atoms with Crippen molar-refractivity contribution >= 4 is 0 Å². The lowest BCUT2D eigenvalue weighted by Crippen LogP contribution is -2.46. The molecule has 2 unspecified atom stereocenters. The molecule has 1 fully saturated rings. The minimum absolute atomic E-state index is 0.430. The summed E-state index contributed by atoms with van der Waals surface area (Å²) < 4.78 is 10.6. The molecule has 0 bridgehead atoms. The summed E-state index contributed by atoms with van der Waals surface area (Å²) in [5.41, 5.74) is 2.11. The minimum Gasteiger partial charge on any atom is -0.497 e. The Morgan fingerprint density at radius 1 is 1.45 bits per heavy atom. The Morgan fingerprint density at radius 3 is 3.10 bits per heavy atom. The lowest BCUT2D eigenvalue weighted by molar-refractivity contribution is 0.0244. The van der Waals surface area contributed by atoms with Crippen molar-refractivity contribution in [3.63, 3.8) is 0 Å². The normalized spacial score (nSPS) is 29.2. The van der Waals surface area contributed by atoms with Crippen molar-refractivity contribution in [2.75, 3.05) is 26.9 Å². The van der Waals surface area contributed by atoms with Gasteiger partial charge in [0, 0.05) is 25.6 Å². The van der Waals surface area contributed by atoms with E-state index in [1.54, 1.807) is 7.11 Å². The van der Waals surface area contributed by atoms with E-state index in [2.05, 4.69) is 17.4 Å². The maximum absolute atomic E-state index is 10.3. The molecule has 4 heteroatoms. The Hall–Kier alpha value is -1.10. The third-order valence-electron chi connectivity index (χ3n) is 4.44. The number of fused-ring (bicyclic) bond motifs is 1. The zero-order valence-electron chi connectivity index (χ0n) is 12.0. The monoisotopic (exact) mass is 277 g/mol. The van der Waals surface area contributed by atoms with E-state index in [1.165, 1.54) is 11.1 Å². The van der Waals surface area contributed by atoms with Gasteiger partial charge in [-0.15, -0.1) is 0 Å². The first-order valence-corrected chi connectivity index (χ1v) is 7.38. The van der Waals surface area contributed by atoms with E-state index >= 15 is 0 Å². The van der Waals surface area contributed by atoms with Crippen LogP contribution in [0.2, 0.25) is 0 Å². The average Bonchev–Trinajstić information content (AvgIpc) is 2.91. The number of benzene rings is 1. The van der Waals surface area contributed by atoms with Crippen LogP contribution in [0.4, 0.5) is 0 Å². The smallest absolute Gasteiger partial charge is 0.119 e. The molecule has 1 saturated heterocycles. The Kier molecular flexibility index (Phi) is 3.96. The summed E-state index contributed by atoms with van der Waals surface area (Å²) in [5, 5.41) is 13.8. The zero-order valence-corrected chi connectivity index (χ0v) is 12.0. The van der Waals surface area contributed by atoms with Crippen LogP contribution in [-0.2, 0) is 17.6 Å². The second-order valence-corrected chi connectivity index (χ2v) is 5.98. The predicted octanol–water partition coefficient (Wildman–Crippen LogP) is 1.29. The van der Waals surface area contributed by atoms with Gasteiger partial charge in [0.25, 0.3) is 0 Å². The van der Waals surface area contributed by atoms with Crippen molar-refractivity contribution in [2.24, 2.45) is 0 Å². The fourth-order valence-electron chi connectivity index (χ4n) is 3.10. The van der Waals surface area contributed by atoms with Crippen molar-refractivity contribution in [3.8, 4) is 5.75 Å². The number of ether oxygens (including phenoxy) is 2. The van der Waals surface area contributed by atoms with Crippen molar-refractivity contribution < 1.29 is 14.6 Å². The molecule has 0 radical (unpaired) electrons. The molecular weight excluding hydrogens is 254 g/mol. The highest BCUT2D eigenvalue weighted by Crippen LogP contribution is 2.26. The van der Waals surface area contributed by atoms with Crippen LogP contribution in [0.5, 0.6) is 5.75 Å². The third kappa shape index (κ3) is 2.97. The molecule has 1 heterocycles. The van der Waals surface area contributed by atoms with Crippen LogP contribution in [0.25, 0.3) is 0 Å². The number of nitrogens with one attached hydrogen (secondary N) is 1. The van der Waals surface area contributed by atoms with Gasteiger partial charge in [-0.2, -0.15) is 0 Å². The van der Waals surface area contributed by atoms with Crippen LogP contribution in [0, 0.1) is 0 Å². The molecule has 0 spiro atoms. The van der Waals surface area contributed by atoms with Crippen LogP contribution >= 0.6 is 0 Å². The van der Waals surface area contributed by atoms with Gasteiger partial charge in [-0.3, -0.25) is 0 Å². The van der Waals surface area contributed by atoms with E-state index in [0.29, 0.717) is 25.8 Å². The van der Waals surface area contributed by atoms with Gasteiger partial charge >= 0.3 is 0 Å². The van der Waals surface area contributed by atoms with Crippen molar-refractivity contribution in [1.82, 2.24) is 5.32 Å². The van der Waals surface area contributed by atoms with E-state index in [-0.39, 0.29) is 0 Å². The predicted molar refractivity (Wildman–Crippen MR) is 77.2 cm³/mol. The Morgan fingerprint density at radius 2 is 2.35 bits per heavy atom. The number of hydrogen-bond donors (Lipinski definition) is 2. The summed E-state index contributed by atoms with van der Waals surface area (Å²) in [6.07, 6.45) is 3.95. The largest absolute Gasteiger partial charge is 0.497 e. The minimum atomic E-state index is -0.672. The summed E-state index contributed by atoms with van der Waals surface area (Å²) in [6.45, 7) is 1.75. The van der Waals surface area contributed by atoms with E-state index in [1.807, 2.05) is 6.07 Å². The fourth-order valence-corrected chi connectivity index (χ4v) is 3.10. The molecule has 0 amide bonds. The highest BCUT2D eigenvalue weighted by Gasteiger charge is 2.33.